The minimum atomic E-state index is -0.287. The zero-order chi connectivity index (χ0) is 22.1. The number of hydrogen-bond acceptors (Lipinski definition) is 6. The van der Waals surface area contributed by atoms with Crippen molar-refractivity contribution in [3.63, 3.8) is 0 Å². The number of benzene rings is 1. The van der Waals surface area contributed by atoms with Crippen LogP contribution in [-0.2, 0) is 0 Å². The second-order valence-corrected chi connectivity index (χ2v) is 8.25. The lowest BCUT2D eigenvalue weighted by Crippen LogP contribution is -2.50. The lowest BCUT2D eigenvalue weighted by Gasteiger charge is -2.34. The number of anilines is 1. The predicted octanol–water partition coefficient (Wildman–Crippen LogP) is 2.92. The van der Waals surface area contributed by atoms with E-state index >= 15 is 0 Å². The van der Waals surface area contributed by atoms with Crippen molar-refractivity contribution in [2.24, 2.45) is 0 Å². The van der Waals surface area contributed by atoms with Crippen LogP contribution >= 0.6 is 0 Å². The van der Waals surface area contributed by atoms with Crippen molar-refractivity contribution < 1.29 is 9.42 Å². The van der Waals surface area contributed by atoms with Gasteiger partial charge in [-0.05, 0) is 54.2 Å². The maximum absolute atomic E-state index is 13.3. The highest BCUT2D eigenvalue weighted by molar-refractivity contribution is 5.95. The van der Waals surface area contributed by atoms with Gasteiger partial charge in [-0.3, -0.25) is 14.2 Å². The van der Waals surface area contributed by atoms with E-state index in [1.165, 1.54) is 0 Å². The van der Waals surface area contributed by atoms with Crippen molar-refractivity contribution in [2.75, 3.05) is 31.1 Å². The summed E-state index contributed by atoms with van der Waals surface area (Å²) < 4.78 is 6.35. The molecule has 0 N–H and O–H groups in total. The number of nitrogens with zero attached hydrogens (tertiary/aromatic N) is 5. The van der Waals surface area contributed by atoms with Gasteiger partial charge in [-0.2, -0.15) is 0 Å². The van der Waals surface area contributed by atoms with Gasteiger partial charge in [-0.1, -0.05) is 31.1 Å². The van der Waals surface area contributed by atoms with E-state index in [0.717, 1.165) is 16.9 Å². The third-order valence-corrected chi connectivity index (χ3v) is 5.82. The van der Waals surface area contributed by atoms with Crippen LogP contribution in [0.15, 0.2) is 46.0 Å². The van der Waals surface area contributed by atoms with Crippen molar-refractivity contribution in [1.82, 2.24) is 19.8 Å². The Labute approximate surface area is 181 Å². The van der Waals surface area contributed by atoms with E-state index in [-0.39, 0.29) is 17.0 Å². The molecule has 3 aromatic rings. The fourth-order valence-electron chi connectivity index (χ4n) is 3.92. The molecule has 0 bridgehead atoms. The van der Waals surface area contributed by atoms with Gasteiger partial charge in [-0.15, -0.1) is 0 Å². The highest BCUT2D eigenvalue weighted by Crippen LogP contribution is 2.20. The number of piperazine rings is 1. The maximum Gasteiger partial charge on any atom is 0.268 e. The number of hydrogen-bond donors (Lipinski definition) is 0. The van der Waals surface area contributed by atoms with E-state index < -0.39 is 0 Å². The molecule has 0 unspecified atom stereocenters. The first kappa shape index (κ1) is 20.8. The van der Waals surface area contributed by atoms with Gasteiger partial charge in [0.05, 0.1) is 0 Å². The first-order valence-corrected chi connectivity index (χ1v) is 10.5. The molecule has 8 heteroatoms. The molecule has 1 aliphatic rings. The quantitative estimate of drug-likeness (QED) is 0.644. The number of pyridine rings is 1. The fraction of sp³-hybridized carbons (Fsp3) is 0.391. The number of aromatic nitrogens is 3. The zero-order valence-corrected chi connectivity index (χ0v) is 18.3. The molecule has 1 saturated heterocycles. The summed E-state index contributed by atoms with van der Waals surface area (Å²) in [6, 6.07) is 9.72. The van der Waals surface area contributed by atoms with Crippen LogP contribution in [0.3, 0.4) is 0 Å². The lowest BCUT2D eigenvalue weighted by molar-refractivity contribution is 0.0743. The molecule has 0 spiro atoms. The molecule has 162 valence electrons. The number of amides is 1. The van der Waals surface area contributed by atoms with Gasteiger partial charge < -0.3 is 9.80 Å². The Morgan fingerprint density at radius 1 is 1.06 bits per heavy atom. The molecule has 3 heterocycles. The Morgan fingerprint density at radius 2 is 1.81 bits per heavy atom. The number of rotatable bonds is 4. The lowest BCUT2D eigenvalue weighted by atomic mass is 10.0. The van der Waals surface area contributed by atoms with E-state index in [9.17, 15) is 9.59 Å². The average Bonchev–Trinajstić information content (AvgIpc) is 3.19. The molecule has 0 atom stereocenters. The summed E-state index contributed by atoms with van der Waals surface area (Å²) in [6.07, 6.45) is 1.74. The van der Waals surface area contributed by atoms with Crippen LogP contribution in [0.5, 0.6) is 0 Å². The molecule has 4 rings (SSSR count). The van der Waals surface area contributed by atoms with E-state index in [0.29, 0.717) is 43.5 Å². The molecule has 1 aromatic carbocycles. The highest BCUT2D eigenvalue weighted by atomic mass is 16.6. The summed E-state index contributed by atoms with van der Waals surface area (Å²) in [6.45, 7) is 10.1. The standard InChI is InChI=1S/C23H27N5O3/c1-15(2)18-6-5-7-19(14-18)28-9-8-16(3)20(23(28)30)22(29)27-12-10-26(11-13-27)21-17(4)24-31-25-21/h5-9,14-15H,10-13H2,1-4H3. The van der Waals surface area contributed by atoms with E-state index in [1.807, 2.05) is 49.1 Å². The van der Waals surface area contributed by atoms with Crippen molar-refractivity contribution in [3.8, 4) is 5.69 Å². The predicted molar refractivity (Wildman–Crippen MR) is 118 cm³/mol. The maximum atomic E-state index is 13.3. The van der Waals surface area contributed by atoms with E-state index in [4.69, 9.17) is 4.63 Å². The third-order valence-electron chi connectivity index (χ3n) is 5.82. The normalized spacial score (nSPS) is 14.4. The van der Waals surface area contributed by atoms with Crippen LogP contribution in [0.2, 0.25) is 0 Å². The molecule has 2 aromatic heterocycles. The molecule has 1 aliphatic heterocycles. The largest absolute Gasteiger partial charge is 0.349 e. The first-order chi connectivity index (χ1) is 14.9. The van der Waals surface area contributed by atoms with Crippen LogP contribution < -0.4 is 10.5 Å². The van der Waals surface area contributed by atoms with Crippen LogP contribution in [0, 0.1) is 13.8 Å². The summed E-state index contributed by atoms with van der Waals surface area (Å²) in [7, 11) is 0. The van der Waals surface area contributed by atoms with E-state index in [1.54, 1.807) is 15.7 Å². The van der Waals surface area contributed by atoms with Gasteiger partial charge in [-0.25, -0.2) is 4.63 Å². The summed E-state index contributed by atoms with van der Waals surface area (Å²) in [5.74, 6) is 0.823. The Balaban J connectivity index is 1.59. The zero-order valence-electron chi connectivity index (χ0n) is 18.3. The number of carbonyl (C=O) groups is 1. The second-order valence-electron chi connectivity index (χ2n) is 8.25. The monoisotopic (exact) mass is 421 g/mol. The van der Waals surface area contributed by atoms with Crippen molar-refractivity contribution in [1.29, 1.82) is 0 Å². The minimum absolute atomic E-state index is 0.227. The van der Waals surface area contributed by atoms with Gasteiger partial charge in [0.15, 0.2) is 5.82 Å². The van der Waals surface area contributed by atoms with Gasteiger partial charge in [0.25, 0.3) is 11.5 Å². The first-order valence-electron chi connectivity index (χ1n) is 10.5. The molecule has 0 saturated carbocycles. The van der Waals surface area contributed by atoms with Crippen LogP contribution in [0.1, 0.15) is 46.9 Å². The average molecular weight is 422 g/mol. The topological polar surface area (TPSA) is 84.5 Å². The molecular weight excluding hydrogens is 394 g/mol. The summed E-state index contributed by atoms with van der Waals surface area (Å²) in [5, 5.41) is 7.76. The molecular formula is C23H27N5O3. The van der Waals surface area contributed by atoms with Crippen LogP contribution in [0.25, 0.3) is 5.69 Å². The van der Waals surface area contributed by atoms with Gasteiger partial charge in [0, 0.05) is 38.1 Å². The van der Waals surface area contributed by atoms with Gasteiger partial charge >= 0.3 is 0 Å². The molecule has 1 fully saturated rings. The second kappa shape index (κ2) is 8.37. The van der Waals surface area contributed by atoms with Crippen molar-refractivity contribution in [2.45, 2.75) is 33.6 Å². The number of carbonyl (C=O) groups excluding carboxylic acids is 1. The molecule has 0 aliphatic carbocycles. The van der Waals surface area contributed by atoms with Crippen molar-refractivity contribution >= 4 is 11.7 Å². The minimum Gasteiger partial charge on any atom is -0.349 e. The molecule has 8 nitrogen and oxygen atoms in total. The summed E-state index contributed by atoms with van der Waals surface area (Å²) in [4.78, 5) is 30.4. The van der Waals surface area contributed by atoms with Crippen LogP contribution in [-0.4, -0.2) is 51.9 Å². The molecule has 1 amide bonds. The van der Waals surface area contributed by atoms with Gasteiger partial charge in [0.1, 0.15) is 11.3 Å². The molecule has 0 radical (unpaired) electrons. The Hall–Kier alpha value is -3.42. The highest BCUT2D eigenvalue weighted by Gasteiger charge is 2.27. The summed E-state index contributed by atoms with van der Waals surface area (Å²) >= 11 is 0. The summed E-state index contributed by atoms with van der Waals surface area (Å²) in [5.41, 5.74) is 3.26. The SMILES string of the molecule is Cc1ccn(-c2cccc(C(C)C)c2)c(=O)c1C(=O)N1CCN(c2nonc2C)CC1. The van der Waals surface area contributed by atoms with Crippen LogP contribution in [0.4, 0.5) is 5.82 Å². The third kappa shape index (κ3) is 3.97. The van der Waals surface area contributed by atoms with Gasteiger partial charge in [0.2, 0.25) is 0 Å². The number of aryl methyl sites for hydroxylation is 2. The molecule has 31 heavy (non-hydrogen) atoms. The van der Waals surface area contributed by atoms with E-state index in [2.05, 4.69) is 24.2 Å². The Morgan fingerprint density at radius 3 is 2.45 bits per heavy atom. The Kier molecular flexibility index (Phi) is 5.63. The Bertz CT molecular complexity index is 1160. The fourth-order valence-corrected chi connectivity index (χ4v) is 3.92. The van der Waals surface area contributed by atoms with Crippen molar-refractivity contribution in [3.05, 3.63) is 69.3 Å². The smallest absolute Gasteiger partial charge is 0.268 e.